The minimum Gasteiger partial charge on any atom is -0.466 e. The quantitative estimate of drug-likeness (QED) is 0.156. The van der Waals surface area contributed by atoms with Gasteiger partial charge in [0, 0.05) is 35.7 Å². The topological polar surface area (TPSA) is 68.6 Å². The number of carbonyl (C=O) groups excluding carboxylic acids is 2. The van der Waals surface area contributed by atoms with Gasteiger partial charge in [-0.25, -0.2) is 8.78 Å². The van der Waals surface area contributed by atoms with Crippen LogP contribution in [0.4, 0.5) is 8.78 Å². The van der Waals surface area contributed by atoms with Crippen molar-refractivity contribution in [1.29, 1.82) is 0 Å². The molecule has 0 saturated heterocycles. The Morgan fingerprint density at radius 2 is 1.53 bits per heavy atom. The summed E-state index contributed by atoms with van der Waals surface area (Å²) in [5, 5.41) is 0. The Morgan fingerprint density at radius 3 is 2.11 bits per heavy atom. The molecule has 0 fully saturated rings. The average Bonchev–Trinajstić information content (AvgIpc) is 2.95. The van der Waals surface area contributed by atoms with Gasteiger partial charge in [0.15, 0.2) is 5.78 Å². The molecule has 0 N–H and O–H groups in total. The lowest BCUT2D eigenvalue weighted by Crippen LogP contribution is -2.32. The molecule has 1 aromatic heterocycles. The zero-order chi connectivity index (χ0) is 35.2. The number of nitrogens with zero attached hydrogens (tertiary/aromatic N) is 2. The van der Waals surface area contributed by atoms with Crippen molar-refractivity contribution < 1.29 is 23.1 Å². The van der Waals surface area contributed by atoms with E-state index in [1.54, 1.807) is 26.1 Å². The van der Waals surface area contributed by atoms with E-state index < -0.39 is 29.6 Å². The Morgan fingerprint density at radius 1 is 0.894 bits per heavy atom. The van der Waals surface area contributed by atoms with E-state index in [4.69, 9.17) is 4.74 Å². The first-order valence-corrected chi connectivity index (χ1v) is 16.7. The Labute approximate surface area is 279 Å². The summed E-state index contributed by atoms with van der Waals surface area (Å²) in [5.74, 6) is -3.67. The van der Waals surface area contributed by atoms with Crippen molar-refractivity contribution in [2.24, 2.45) is 5.92 Å². The van der Waals surface area contributed by atoms with E-state index in [2.05, 4.69) is 4.90 Å². The predicted molar refractivity (Wildman–Crippen MR) is 185 cm³/mol. The summed E-state index contributed by atoms with van der Waals surface area (Å²) in [6.45, 7) is 15.7. The number of hydrogen-bond donors (Lipinski definition) is 0. The summed E-state index contributed by atoms with van der Waals surface area (Å²) in [6, 6.07) is 6.08. The number of benzene rings is 2. The maximum Gasteiger partial charge on any atom is 0.306 e. The molecule has 1 heterocycles. The fourth-order valence-corrected chi connectivity index (χ4v) is 6.64. The second-order valence-corrected chi connectivity index (χ2v) is 13.7. The van der Waals surface area contributed by atoms with Gasteiger partial charge in [-0.2, -0.15) is 0 Å². The number of ether oxygens (including phenoxy) is 1. The SMILES string of the molecule is CCOC(=O)C[C@H](CC(=O)C(CC(C)C)n1cc(CCCN(C)C)c(C)cc1=O)c1c(F)c(C)cc(-c2c(C)cc(C)cc2C)c1F. The van der Waals surface area contributed by atoms with Crippen molar-refractivity contribution in [2.45, 2.75) is 99.5 Å². The lowest BCUT2D eigenvalue weighted by Gasteiger charge is -2.26. The number of hydrogen-bond acceptors (Lipinski definition) is 5. The van der Waals surface area contributed by atoms with Crippen LogP contribution in [0.15, 0.2) is 35.3 Å². The molecule has 0 amide bonds. The molecule has 8 heteroatoms. The first-order valence-electron chi connectivity index (χ1n) is 16.7. The van der Waals surface area contributed by atoms with Gasteiger partial charge >= 0.3 is 5.97 Å². The largest absolute Gasteiger partial charge is 0.466 e. The van der Waals surface area contributed by atoms with E-state index in [9.17, 15) is 14.4 Å². The van der Waals surface area contributed by atoms with Gasteiger partial charge in [0.2, 0.25) is 0 Å². The van der Waals surface area contributed by atoms with Gasteiger partial charge in [-0.15, -0.1) is 0 Å². The highest BCUT2D eigenvalue weighted by Crippen LogP contribution is 2.39. The van der Waals surface area contributed by atoms with Gasteiger partial charge in [0.1, 0.15) is 11.6 Å². The third kappa shape index (κ3) is 9.47. The second-order valence-electron chi connectivity index (χ2n) is 13.7. The minimum absolute atomic E-state index is 0.0457. The lowest BCUT2D eigenvalue weighted by molar-refractivity contribution is -0.143. The molecule has 3 aromatic rings. The number of aryl methyl sites for hydroxylation is 6. The number of Topliss-reactive ketones (excluding diaryl/α,β-unsaturated/α-hetero) is 1. The van der Waals surface area contributed by atoms with Gasteiger partial charge in [-0.3, -0.25) is 14.4 Å². The highest BCUT2D eigenvalue weighted by Gasteiger charge is 2.33. The standard InChI is InChI=1S/C39H52F2N2O4/c1-11-47-35(46)21-30(37-38(40)28(8)18-31(39(37)41)36-26(6)16-24(4)17-27(36)7)20-33(44)32(15-23(2)3)43-22-29(13-12-14-42(9)10)25(5)19-34(43)45/h16-19,22-23,30,32H,11-15,20-21H2,1-10H3/t30-,32?/m0/s1. The van der Waals surface area contributed by atoms with Crippen molar-refractivity contribution in [3.63, 3.8) is 0 Å². The predicted octanol–water partition coefficient (Wildman–Crippen LogP) is 8.11. The molecular weight excluding hydrogens is 598 g/mol. The zero-order valence-corrected chi connectivity index (χ0v) is 29.9. The molecule has 6 nitrogen and oxygen atoms in total. The third-order valence-corrected chi connectivity index (χ3v) is 8.79. The number of ketones is 1. The lowest BCUT2D eigenvalue weighted by atomic mass is 9.83. The molecule has 1 unspecified atom stereocenters. The van der Waals surface area contributed by atoms with E-state index in [0.717, 1.165) is 47.2 Å². The molecule has 2 atom stereocenters. The van der Waals surface area contributed by atoms with Crippen molar-refractivity contribution in [2.75, 3.05) is 27.2 Å². The number of esters is 1. The highest BCUT2D eigenvalue weighted by molar-refractivity contribution is 5.85. The minimum atomic E-state index is -1.14. The Balaban J connectivity index is 2.16. The van der Waals surface area contributed by atoms with Gasteiger partial charge in [-0.05, 0) is 127 Å². The number of rotatable bonds is 15. The molecular formula is C39H52F2N2O4. The fraction of sp³-hybridized carbons (Fsp3) is 0.513. The molecule has 2 aromatic carbocycles. The van der Waals surface area contributed by atoms with E-state index in [-0.39, 0.29) is 53.4 Å². The molecule has 256 valence electrons. The number of carbonyl (C=O) groups is 2. The summed E-state index contributed by atoms with van der Waals surface area (Å²) in [7, 11) is 4.01. The van der Waals surface area contributed by atoms with Crippen LogP contribution >= 0.6 is 0 Å². The molecule has 47 heavy (non-hydrogen) atoms. The molecule has 0 spiro atoms. The van der Waals surface area contributed by atoms with Crippen LogP contribution < -0.4 is 5.56 Å². The first-order chi connectivity index (χ1) is 22.0. The van der Waals surface area contributed by atoms with Crippen molar-refractivity contribution >= 4 is 11.8 Å². The van der Waals surface area contributed by atoms with E-state index in [0.29, 0.717) is 12.0 Å². The summed E-state index contributed by atoms with van der Waals surface area (Å²) in [4.78, 5) is 42.6. The molecule has 0 aliphatic rings. The van der Waals surface area contributed by atoms with Crippen molar-refractivity contribution in [1.82, 2.24) is 9.47 Å². The summed E-state index contributed by atoms with van der Waals surface area (Å²) < 4.78 is 39.5. The Bertz CT molecular complexity index is 1630. The van der Waals surface area contributed by atoms with Crippen LogP contribution in [0.2, 0.25) is 0 Å². The van der Waals surface area contributed by atoms with Crippen LogP contribution in [0.25, 0.3) is 11.1 Å². The van der Waals surface area contributed by atoms with Crippen LogP contribution in [-0.4, -0.2) is 48.5 Å². The average molecular weight is 651 g/mol. The molecule has 0 bridgehead atoms. The van der Waals surface area contributed by atoms with Gasteiger partial charge in [0.05, 0.1) is 19.1 Å². The Kier molecular flexibility index (Phi) is 13.2. The molecule has 3 rings (SSSR count). The molecule has 0 aliphatic heterocycles. The number of halogens is 2. The maximum atomic E-state index is 16.7. The summed E-state index contributed by atoms with van der Waals surface area (Å²) in [6.07, 6.45) is 3.03. The zero-order valence-electron chi connectivity index (χ0n) is 29.9. The second kappa shape index (κ2) is 16.4. The molecule has 0 radical (unpaired) electrons. The maximum absolute atomic E-state index is 16.7. The number of pyridine rings is 1. The molecule has 0 aliphatic carbocycles. The highest BCUT2D eigenvalue weighted by atomic mass is 19.1. The van der Waals surface area contributed by atoms with Crippen molar-refractivity contribution in [3.05, 3.63) is 91.4 Å². The van der Waals surface area contributed by atoms with Crippen LogP contribution in [0, 0.1) is 52.2 Å². The summed E-state index contributed by atoms with van der Waals surface area (Å²) in [5.41, 5.74) is 5.03. The van der Waals surface area contributed by atoms with Crippen LogP contribution in [0.5, 0.6) is 0 Å². The smallest absolute Gasteiger partial charge is 0.306 e. The van der Waals surface area contributed by atoms with E-state index in [1.807, 2.05) is 67.8 Å². The molecule has 0 saturated carbocycles. The Hall–Kier alpha value is -3.65. The fourth-order valence-electron chi connectivity index (χ4n) is 6.64. The van der Waals surface area contributed by atoms with Crippen LogP contribution in [0.3, 0.4) is 0 Å². The van der Waals surface area contributed by atoms with Crippen molar-refractivity contribution in [3.8, 4) is 11.1 Å². The third-order valence-electron chi connectivity index (χ3n) is 8.79. The van der Waals surface area contributed by atoms with E-state index in [1.165, 1.54) is 10.6 Å². The first kappa shape index (κ1) is 37.8. The summed E-state index contributed by atoms with van der Waals surface area (Å²) >= 11 is 0. The normalized spacial score (nSPS) is 12.9. The van der Waals surface area contributed by atoms with Gasteiger partial charge < -0.3 is 14.2 Å². The van der Waals surface area contributed by atoms with Crippen LogP contribution in [0.1, 0.15) is 97.4 Å². The van der Waals surface area contributed by atoms with Crippen LogP contribution in [-0.2, 0) is 20.7 Å². The van der Waals surface area contributed by atoms with Gasteiger partial charge in [-0.1, -0.05) is 31.5 Å². The van der Waals surface area contributed by atoms with E-state index >= 15 is 8.78 Å². The number of aromatic nitrogens is 1. The monoisotopic (exact) mass is 650 g/mol. The van der Waals surface area contributed by atoms with Gasteiger partial charge in [0.25, 0.3) is 5.56 Å².